The zero-order valence-electron chi connectivity index (χ0n) is 11.1. The highest BCUT2D eigenvalue weighted by Gasteiger charge is 2.13. The van der Waals surface area contributed by atoms with Crippen LogP contribution in [0.2, 0.25) is 0 Å². The molecule has 0 aliphatic rings. The predicted molar refractivity (Wildman–Crippen MR) is 71.3 cm³/mol. The van der Waals surface area contributed by atoms with E-state index in [1.165, 1.54) is 5.56 Å². The molecular weight excluding hydrogens is 228 g/mol. The summed E-state index contributed by atoms with van der Waals surface area (Å²) in [6.45, 7) is 6.09. The molecule has 0 saturated carbocycles. The summed E-state index contributed by atoms with van der Waals surface area (Å²) >= 11 is 0. The van der Waals surface area contributed by atoms with Crippen LogP contribution in [0.5, 0.6) is 0 Å². The number of carbonyl (C=O) groups is 1. The second-order valence-electron chi connectivity index (χ2n) is 4.37. The van der Waals surface area contributed by atoms with Gasteiger partial charge in [0.05, 0.1) is 0 Å². The number of hydrogen-bond donors (Lipinski definition) is 2. The average molecular weight is 250 g/mol. The highest BCUT2D eigenvalue weighted by Crippen LogP contribution is 2.11. The number of pyridine rings is 1. The molecule has 1 rings (SSSR count). The smallest absolute Gasteiger partial charge is 0.233 e. The molecule has 0 fully saturated rings. The van der Waals surface area contributed by atoms with E-state index in [-0.39, 0.29) is 5.91 Å². The van der Waals surface area contributed by atoms with E-state index >= 15 is 0 Å². The van der Waals surface area contributed by atoms with Crippen molar-refractivity contribution in [1.29, 1.82) is 0 Å². The SMILES string of the molecule is CCN(Cc1ccncc1)C(C)CCC(=O)NN. The van der Waals surface area contributed by atoms with E-state index in [1.54, 1.807) is 12.4 Å². The number of carbonyl (C=O) groups excluding carboxylic acids is 1. The summed E-state index contributed by atoms with van der Waals surface area (Å²) in [5, 5.41) is 0. The lowest BCUT2D eigenvalue weighted by atomic mass is 10.1. The van der Waals surface area contributed by atoms with E-state index < -0.39 is 0 Å². The van der Waals surface area contributed by atoms with Crippen LogP contribution in [0.3, 0.4) is 0 Å². The number of aromatic nitrogens is 1. The van der Waals surface area contributed by atoms with Crippen molar-refractivity contribution in [2.45, 2.75) is 39.3 Å². The summed E-state index contributed by atoms with van der Waals surface area (Å²) in [4.78, 5) is 17.5. The summed E-state index contributed by atoms with van der Waals surface area (Å²) in [7, 11) is 0. The van der Waals surface area contributed by atoms with Crippen molar-refractivity contribution in [3.63, 3.8) is 0 Å². The summed E-state index contributed by atoms with van der Waals surface area (Å²) in [5.74, 6) is 4.96. The standard InChI is InChI=1S/C13H22N4O/c1-3-17(10-12-6-8-15-9-7-12)11(2)4-5-13(18)16-14/h6-9,11H,3-5,10,14H2,1-2H3,(H,16,18). The lowest BCUT2D eigenvalue weighted by Gasteiger charge is -2.27. The van der Waals surface area contributed by atoms with Crippen LogP contribution < -0.4 is 11.3 Å². The summed E-state index contributed by atoms with van der Waals surface area (Å²) in [6, 6.07) is 4.38. The number of hydrogen-bond acceptors (Lipinski definition) is 4. The molecule has 0 saturated heterocycles. The van der Waals surface area contributed by atoms with Gasteiger partial charge in [-0.05, 0) is 37.6 Å². The van der Waals surface area contributed by atoms with Gasteiger partial charge in [-0.3, -0.25) is 20.1 Å². The molecule has 1 heterocycles. The van der Waals surface area contributed by atoms with E-state index in [1.807, 2.05) is 12.1 Å². The molecule has 100 valence electrons. The fourth-order valence-electron chi connectivity index (χ4n) is 1.90. The first kappa shape index (κ1) is 14.6. The van der Waals surface area contributed by atoms with Gasteiger partial charge in [-0.2, -0.15) is 0 Å². The average Bonchev–Trinajstić information content (AvgIpc) is 2.42. The highest BCUT2D eigenvalue weighted by molar-refractivity contribution is 5.75. The molecule has 0 bridgehead atoms. The minimum Gasteiger partial charge on any atom is -0.297 e. The summed E-state index contributed by atoms with van der Waals surface area (Å²) < 4.78 is 0. The van der Waals surface area contributed by atoms with Crippen molar-refractivity contribution >= 4 is 5.91 Å². The van der Waals surface area contributed by atoms with Gasteiger partial charge >= 0.3 is 0 Å². The number of nitrogens with one attached hydrogen (secondary N) is 1. The first-order valence-corrected chi connectivity index (χ1v) is 6.29. The lowest BCUT2D eigenvalue weighted by molar-refractivity contribution is -0.121. The van der Waals surface area contributed by atoms with Crippen molar-refractivity contribution < 1.29 is 4.79 Å². The Morgan fingerprint density at radius 1 is 1.50 bits per heavy atom. The number of nitrogens with zero attached hydrogens (tertiary/aromatic N) is 2. The lowest BCUT2D eigenvalue weighted by Crippen LogP contribution is -2.35. The fraction of sp³-hybridized carbons (Fsp3) is 0.538. The van der Waals surface area contributed by atoms with Crippen molar-refractivity contribution in [3.05, 3.63) is 30.1 Å². The van der Waals surface area contributed by atoms with Crippen molar-refractivity contribution in [2.75, 3.05) is 6.54 Å². The molecule has 5 heteroatoms. The van der Waals surface area contributed by atoms with Crippen LogP contribution in [0.1, 0.15) is 32.3 Å². The maximum atomic E-state index is 11.1. The van der Waals surface area contributed by atoms with Gasteiger partial charge in [-0.1, -0.05) is 6.92 Å². The van der Waals surface area contributed by atoms with Gasteiger partial charge in [-0.25, -0.2) is 5.84 Å². The van der Waals surface area contributed by atoms with Crippen LogP contribution >= 0.6 is 0 Å². The van der Waals surface area contributed by atoms with Crippen LogP contribution in [-0.2, 0) is 11.3 Å². The Bertz CT molecular complexity index is 355. The summed E-state index contributed by atoms with van der Waals surface area (Å²) in [6.07, 6.45) is 4.87. The molecule has 0 radical (unpaired) electrons. The number of nitrogens with two attached hydrogens (primary N) is 1. The highest BCUT2D eigenvalue weighted by atomic mass is 16.2. The first-order chi connectivity index (χ1) is 8.67. The molecule has 0 aliphatic carbocycles. The molecular formula is C13H22N4O. The Kier molecular flexibility index (Phi) is 6.32. The van der Waals surface area contributed by atoms with Crippen LogP contribution in [0.15, 0.2) is 24.5 Å². The molecule has 1 unspecified atom stereocenters. The van der Waals surface area contributed by atoms with E-state index in [9.17, 15) is 4.79 Å². The van der Waals surface area contributed by atoms with E-state index in [0.29, 0.717) is 12.5 Å². The molecule has 18 heavy (non-hydrogen) atoms. The third-order valence-electron chi connectivity index (χ3n) is 3.11. The van der Waals surface area contributed by atoms with E-state index in [4.69, 9.17) is 5.84 Å². The second kappa shape index (κ2) is 7.79. The third kappa shape index (κ3) is 4.81. The molecule has 1 amide bonds. The maximum absolute atomic E-state index is 11.1. The number of amides is 1. The quantitative estimate of drug-likeness (QED) is 0.431. The Labute approximate surface area is 108 Å². The van der Waals surface area contributed by atoms with Crippen LogP contribution in [0.4, 0.5) is 0 Å². The Balaban J connectivity index is 2.47. The van der Waals surface area contributed by atoms with E-state index in [2.05, 4.69) is 29.2 Å². The molecule has 1 aromatic heterocycles. The Morgan fingerprint density at radius 2 is 2.17 bits per heavy atom. The largest absolute Gasteiger partial charge is 0.297 e. The maximum Gasteiger partial charge on any atom is 0.233 e. The Hall–Kier alpha value is -1.46. The van der Waals surface area contributed by atoms with Gasteiger partial charge < -0.3 is 0 Å². The van der Waals surface area contributed by atoms with Crippen LogP contribution in [0, 0.1) is 0 Å². The topological polar surface area (TPSA) is 71.2 Å². The van der Waals surface area contributed by atoms with Gasteiger partial charge in [-0.15, -0.1) is 0 Å². The molecule has 1 atom stereocenters. The number of rotatable bonds is 7. The minimum atomic E-state index is -0.109. The van der Waals surface area contributed by atoms with Crippen molar-refractivity contribution in [3.8, 4) is 0 Å². The second-order valence-corrected chi connectivity index (χ2v) is 4.37. The molecule has 3 N–H and O–H groups in total. The fourth-order valence-corrected chi connectivity index (χ4v) is 1.90. The van der Waals surface area contributed by atoms with Crippen molar-refractivity contribution in [2.24, 2.45) is 5.84 Å². The van der Waals surface area contributed by atoms with Crippen LogP contribution in [-0.4, -0.2) is 28.4 Å². The summed E-state index contributed by atoms with van der Waals surface area (Å²) in [5.41, 5.74) is 3.40. The normalized spacial score (nSPS) is 12.4. The monoisotopic (exact) mass is 250 g/mol. The first-order valence-electron chi connectivity index (χ1n) is 6.29. The van der Waals surface area contributed by atoms with E-state index in [0.717, 1.165) is 19.5 Å². The minimum absolute atomic E-state index is 0.109. The molecule has 0 spiro atoms. The molecule has 5 nitrogen and oxygen atoms in total. The predicted octanol–water partition coefficient (Wildman–Crippen LogP) is 1.06. The zero-order valence-corrected chi connectivity index (χ0v) is 11.1. The van der Waals surface area contributed by atoms with Gasteiger partial charge in [0.1, 0.15) is 0 Å². The Morgan fingerprint density at radius 3 is 2.72 bits per heavy atom. The molecule has 1 aromatic rings. The van der Waals surface area contributed by atoms with Gasteiger partial charge in [0.2, 0.25) is 5.91 Å². The van der Waals surface area contributed by atoms with Crippen molar-refractivity contribution in [1.82, 2.24) is 15.3 Å². The van der Waals surface area contributed by atoms with Gasteiger partial charge in [0.25, 0.3) is 0 Å². The number of hydrazine groups is 1. The third-order valence-corrected chi connectivity index (χ3v) is 3.11. The molecule has 0 aliphatic heterocycles. The zero-order chi connectivity index (χ0) is 13.4. The van der Waals surface area contributed by atoms with Crippen LogP contribution in [0.25, 0.3) is 0 Å². The van der Waals surface area contributed by atoms with Gasteiger partial charge in [0.15, 0.2) is 0 Å². The molecule has 0 aromatic carbocycles. The van der Waals surface area contributed by atoms with Gasteiger partial charge in [0, 0.05) is 31.4 Å².